The molecular weight excluding hydrogens is 240 g/mol. The molecule has 0 aliphatic carbocycles. The zero-order valence-electron chi connectivity index (χ0n) is 9.64. The molecule has 0 amide bonds. The van der Waals surface area contributed by atoms with Gasteiger partial charge in [0, 0.05) is 5.56 Å². The number of benzene rings is 1. The lowest BCUT2D eigenvalue weighted by Crippen LogP contribution is -2.29. The van der Waals surface area contributed by atoms with Crippen molar-refractivity contribution in [3.05, 3.63) is 29.8 Å². The van der Waals surface area contributed by atoms with Gasteiger partial charge in [-0.2, -0.15) is 0 Å². The summed E-state index contributed by atoms with van der Waals surface area (Å²) in [4.78, 5) is 4.47. The Morgan fingerprint density at radius 1 is 1.35 bits per heavy atom. The second-order valence-electron chi connectivity index (χ2n) is 4.53. The molecule has 0 unspecified atom stereocenters. The van der Waals surface area contributed by atoms with Crippen LogP contribution in [-0.4, -0.2) is 31.5 Å². The van der Waals surface area contributed by atoms with Gasteiger partial charge in [-0.1, -0.05) is 12.1 Å². The molecular formula is C11H14N2O3S. The number of nitrogens with one attached hydrogen (secondary N) is 1. The summed E-state index contributed by atoms with van der Waals surface area (Å²) in [6.07, 6.45) is 0. The van der Waals surface area contributed by atoms with E-state index in [1.807, 2.05) is 0 Å². The molecule has 2 rings (SSSR count). The van der Waals surface area contributed by atoms with Gasteiger partial charge in [0.05, 0.1) is 17.0 Å². The minimum atomic E-state index is -3.50. The van der Waals surface area contributed by atoms with E-state index in [2.05, 4.69) is 9.71 Å². The van der Waals surface area contributed by atoms with E-state index in [-0.39, 0.29) is 11.5 Å². The summed E-state index contributed by atoms with van der Waals surface area (Å²) < 4.78 is 26.0. The Morgan fingerprint density at radius 3 is 2.65 bits per heavy atom. The first-order valence-electron chi connectivity index (χ1n) is 5.19. The highest BCUT2D eigenvalue weighted by molar-refractivity contribution is 7.90. The second-order valence-corrected chi connectivity index (χ2v) is 6.18. The van der Waals surface area contributed by atoms with E-state index in [0.717, 1.165) is 0 Å². The molecule has 6 heteroatoms. The zero-order valence-corrected chi connectivity index (χ0v) is 10.5. The number of aliphatic imine (C=N–C) groups is 1. The Morgan fingerprint density at radius 2 is 2.00 bits per heavy atom. The van der Waals surface area contributed by atoms with Crippen molar-refractivity contribution in [2.24, 2.45) is 4.99 Å². The third kappa shape index (κ3) is 2.18. The first-order chi connectivity index (χ1) is 7.86. The lowest BCUT2D eigenvalue weighted by atomic mass is 10.1. The fourth-order valence-corrected chi connectivity index (χ4v) is 2.79. The Kier molecular flexibility index (Phi) is 2.71. The maximum absolute atomic E-state index is 11.8. The second kappa shape index (κ2) is 3.82. The number of amidine groups is 1. The van der Waals surface area contributed by atoms with Crippen molar-refractivity contribution in [3.63, 3.8) is 0 Å². The molecule has 0 aromatic heterocycles. The van der Waals surface area contributed by atoms with Gasteiger partial charge in [0.2, 0.25) is 0 Å². The van der Waals surface area contributed by atoms with Crippen molar-refractivity contribution in [1.29, 1.82) is 0 Å². The van der Waals surface area contributed by atoms with Crippen molar-refractivity contribution in [1.82, 2.24) is 4.72 Å². The predicted molar refractivity (Wildman–Crippen MR) is 64.5 cm³/mol. The van der Waals surface area contributed by atoms with Gasteiger partial charge in [-0.25, -0.2) is 8.42 Å². The van der Waals surface area contributed by atoms with Gasteiger partial charge >= 0.3 is 0 Å². The van der Waals surface area contributed by atoms with Gasteiger partial charge in [0.15, 0.2) is 0 Å². The molecule has 5 nitrogen and oxygen atoms in total. The predicted octanol–water partition coefficient (Wildman–Crippen LogP) is 0.496. The Labute approximate surface area is 100 Å². The SMILES string of the molecule is CC(C)(CO)N=C1NS(=O)(=O)c2ccccc21. The average molecular weight is 254 g/mol. The molecule has 92 valence electrons. The topological polar surface area (TPSA) is 78.8 Å². The summed E-state index contributed by atoms with van der Waals surface area (Å²) in [7, 11) is -3.50. The first-order valence-corrected chi connectivity index (χ1v) is 6.67. The lowest BCUT2D eigenvalue weighted by Gasteiger charge is -2.16. The molecule has 17 heavy (non-hydrogen) atoms. The van der Waals surface area contributed by atoms with Crippen molar-refractivity contribution >= 4 is 15.9 Å². The zero-order chi connectivity index (χ0) is 12.7. The minimum absolute atomic E-state index is 0.152. The highest BCUT2D eigenvalue weighted by atomic mass is 32.2. The van der Waals surface area contributed by atoms with Gasteiger partial charge in [0.1, 0.15) is 5.84 Å². The normalized spacial score (nSPS) is 20.1. The van der Waals surface area contributed by atoms with Crippen LogP contribution in [0.15, 0.2) is 34.2 Å². The molecule has 2 N–H and O–H groups in total. The van der Waals surface area contributed by atoms with E-state index in [9.17, 15) is 8.42 Å². The molecule has 0 atom stereocenters. The van der Waals surface area contributed by atoms with Gasteiger partial charge in [-0.3, -0.25) is 9.71 Å². The third-order valence-corrected chi connectivity index (χ3v) is 3.86. The van der Waals surface area contributed by atoms with Crippen LogP contribution in [0.1, 0.15) is 19.4 Å². The van der Waals surface area contributed by atoms with Gasteiger partial charge in [-0.15, -0.1) is 0 Å². The number of hydrogen-bond donors (Lipinski definition) is 2. The van der Waals surface area contributed by atoms with Gasteiger partial charge in [-0.05, 0) is 26.0 Å². The van der Waals surface area contributed by atoms with Crippen LogP contribution in [0, 0.1) is 0 Å². The lowest BCUT2D eigenvalue weighted by molar-refractivity contribution is 0.223. The van der Waals surface area contributed by atoms with Crippen molar-refractivity contribution in [3.8, 4) is 0 Å². The van der Waals surface area contributed by atoms with Crippen LogP contribution in [0.5, 0.6) is 0 Å². The number of fused-ring (bicyclic) bond motifs is 1. The fraction of sp³-hybridized carbons (Fsp3) is 0.364. The van der Waals surface area contributed by atoms with E-state index in [1.165, 1.54) is 6.07 Å². The smallest absolute Gasteiger partial charge is 0.263 e. The Hall–Kier alpha value is -1.40. The largest absolute Gasteiger partial charge is 0.394 e. The molecule has 0 spiro atoms. The van der Waals surface area contributed by atoms with Crippen LogP contribution in [0.25, 0.3) is 0 Å². The maximum Gasteiger partial charge on any atom is 0.263 e. The van der Waals surface area contributed by atoms with E-state index in [4.69, 9.17) is 5.11 Å². The van der Waals surface area contributed by atoms with Crippen LogP contribution >= 0.6 is 0 Å². The first kappa shape index (κ1) is 12.1. The molecule has 1 heterocycles. The van der Waals surface area contributed by atoms with Crippen LogP contribution in [0.4, 0.5) is 0 Å². The van der Waals surface area contributed by atoms with Crippen LogP contribution in [0.3, 0.4) is 0 Å². The maximum atomic E-state index is 11.8. The summed E-state index contributed by atoms with van der Waals surface area (Å²) in [5.74, 6) is 0.291. The van der Waals surface area contributed by atoms with E-state index >= 15 is 0 Å². The number of aliphatic hydroxyl groups is 1. The standard InChI is InChI=1S/C11H14N2O3S/c1-11(2,7-14)12-10-8-5-3-4-6-9(8)17(15,16)13-10/h3-6,14H,7H2,1-2H3,(H,12,13). The Bertz CT molecular complexity index is 576. The van der Waals surface area contributed by atoms with Crippen LogP contribution in [0.2, 0.25) is 0 Å². The number of nitrogens with zero attached hydrogens (tertiary/aromatic N) is 1. The molecule has 0 fully saturated rings. The molecule has 0 bridgehead atoms. The van der Waals surface area contributed by atoms with E-state index in [1.54, 1.807) is 32.0 Å². The number of hydrogen-bond acceptors (Lipinski definition) is 4. The van der Waals surface area contributed by atoms with E-state index < -0.39 is 15.6 Å². The minimum Gasteiger partial charge on any atom is -0.394 e. The summed E-state index contributed by atoms with van der Waals surface area (Å²) in [6, 6.07) is 6.65. The molecule has 1 aliphatic heterocycles. The van der Waals surface area contributed by atoms with Crippen LogP contribution in [-0.2, 0) is 10.0 Å². The highest BCUT2D eigenvalue weighted by Gasteiger charge is 2.31. The van der Waals surface area contributed by atoms with Crippen molar-refractivity contribution < 1.29 is 13.5 Å². The summed E-state index contributed by atoms with van der Waals surface area (Å²) in [5, 5.41) is 9.15. The third-order valence-electron chi connectivity index (χ3n) is 2.46. The monoisotopic (exact) mass is 254 g/mol. The molecule has 0 radical (unpaired) electrons. The quantitative estimate of drug-likeness (QED) is 0.806. The van der Waals surface area contributed by atoms with Crippen LogP contribution < -0.4 is 4.72 Å². The average Bonchev–Trinajstić information content (AvgIpc) is 2.51. The van der Waals surface area contributed by atoms with E-state index in [0.29, 0.717) is 11.4 Å². The number of rotatable bonds is 2. The van der Waals surface area contributed by atoms with Gasteiger partial charge in [0.25, 0.3) is 10.0 Å². The summed E-state index contributed by atoms with van der Waals surface area (Å²) >= 11 is 0. The number of aliphatic hydroxyl groups excluding tert-OH is 1. The highest BCUT2D eigenvalue weighted by Crippen LogP contribution is 2.23. The fourth-order valence-electron chi connectivity index (χ4n) is 1.55. The Balaban J connectivity index is 2.57. The molecule has 1 aliphatic rings. The molecule has 1 aromatic carbocycles. The summed E-state index contributed by atoms with van der Waals surface area (Å²) in [5.41, 5.74) is -0.163. The summed E-state index contributed by atoms with van der Waals surface area (Å²) in [6.45, 7) is 3.31. The van der Waals surface area contributed by atoms with Crippen molar-refractivity contribution in [2.45, 2.75) is 24.3 Å². The molecule has 0 saturated heterocycles. The van der Waals surface area contributed by atoms with Gasteiger partial charge < -0.3 is 5.11 Å². The number of sulfonamides is 1. The van der Waals surface area contributed by atoms with Crippen molar-refractivity contribution in [2.75, 3.05) is 6.61 Å². The molecule has 1 aromatic rings. The molecule has 0 saturated carbocycles.